The van der Waals surface area contributed by atoms with E-state index in [1.54, 1.807) is 0 Å². The number of carbonyl (C=O) groups is 1. The Labute approximate surface area is 94.8 Å². The fraction of sp³-hybridized carbons (Fsp3) is 0.375. The molecule has 0 aromatic carbocycles. The van der Waals surface area contributed by atoms with Gasteiger partial charge in [0.05, 0.1) is 6.54 Å². The number of rotatable bonds is 3. The normalized spacial score (nSPS) is 19.2. The molecular formula is C8H10N4O3S. The third-order valence-electron chi connectivity index (χ3n) is 1.89. The van der Waals surface area contributed by atoms with Crippen molar-refractivity contribution in [1.82, 2.24) is 15.3 Å². The zero-order valence-electron chi connectivity index (χ0n) is 8.23. The summed E-state index contributed by atoms with van der Waals surface area (Å²) in [4.78, 5) is 28.3. The summed E-state index contributed by atoms with van der Waals surface area (Å²) in [5.41, 5.74) is 5.13. The summed E-state index contributed by atoms with van der Waals surface area (Å²) in [6, 6.07) is 1.21. The van der Waals surface area contributed by atoms with Crippen LogP contribution in [-0.4, -0.2) is 34.5 Å². The van der Waals surface area contributed by atoms with Crippen molar-refractivity contribution in [2.24, 2.45) is 0 Å². The van der Waals surface area contributed by atoms with Gasteiger partial charge in [0.2, 0.25) is 0 Å². The van der Waals surface area contributed by atoms with E-state index >= 15 is 0 Å². The summed E-state index contributed by atoms with van der Waals surface area (Å²) in [5.74, 6) is 0.693. The van der Waals surface area contributed by atoms with Crippen LogP contribution < -0.4 is 16.6 Å². The Morgan fingerprint density at radius 1 is 1.62 bits per heavy atom. The Hall–Kier alpha value is -1.70. The van der Waals surface area contributed by atoms with Crippen molar-refractivity contribution in [3.8, 4) is 0 Å². The quantitative estimate of drug-likeness (QED) is 0.489. The number of nitrogens with one attached hydrogen (secondary N) is 2. The molecule has 4 N–H and O–H groups in total. The van der Waals surface area contributed by atoms with E-state index in [2.05, 4.69) is 15.3 Å². The first-order valence-electron chi connectivity index (χ1n) is 4.57. The minimum atomic E-state index is -0.417. The molecule has 0 radical (unpaired) electrons. The molecule has 1 aliphatic heterocycles. The van der Waals surface area contributed by atoms with Gasteiger partial charge in [-0.05, 0) is 0 Å². The van der Waals surface area contributed by atoms with Crippen LogP contribution in [0.3, 0.4) is 0 Å². The zero-order chi connectivity index (χ0) is 11.5. The number of aromatic nitrogens is 2. The molecule has 1 unspecified atom stereocenters. The number of H-pyrrole nitrogens is 1. The Morgan fingerprint density at radius 2 is 2.44 bits per heavy atom. The lowest BCUT2D eigenvalue weighted by Crippen LogP contribution is -2.17. The predicted octanol–water partition coefficient (Wildman–Crippen LogP) is -0.447. The number of alkyl carbamates (subject to hydrolysis) is 1. The first kappa shape index (κ1) is 10.8. The van der Waals surface area contributed by atoms with Crippen molar-refractivity contribution >= 4 is 23.7 Å². The van der Waals surface area contributed by atoms with Crippen LogP contribution in [0.4, 0.5) is 10.6 Å². The summed E-state index contributed by atoms with van der Waals surface area (Å²) in [6.07, 6.45) is -0.621. The number of nitrogens with zero attached hydrogens (tertiary/aromatic N) is 1. The molecule has 1 aliphatic rings. The van der Waals surface area contributed by atoms with Gasteiger partial charge in [-0.3, -0.25) is 4.79 Å². The maximum atomic E-state index is 11.1. The Kier molecular flexibility index (Phi) is 3.00. The van der Waals surface area contributed by atoms with Gasteiger partial charge in [-0.1, -0.05) is 11.8 Å². The van der Waals surface area contributed by atoms with Gasteiger partial charge in [0, 0.05) is 11.8 Å². The summed E-state index contributed by atoms with van der Waals surface area (Å²) >= 11 is 1.28. The van der Waals surface area contributed by atoms with Crippen molar-refractivity contribution in [1.29, 1.82) is 0 Å². The average molecular weight is 242 g/mol. The van der Waals surface area contributed by atoms with Crippen LogP contribution >= 0.6 is 11.8 Å². The first-order valence-corrected chi connectivity index (χ1v) is 5.56. The second-order valence-corrected chi connectivity index (χ2v) is 4.20. The van der Waals surface area contributed by atoms with Crippen LogP contribution in [0.2, 0.25) is 0 Å². The maximum Gasteiger partial charge on any atom is 0.407 e. The second kappa shape index (κ2) is 4.44. The molecule has 0 aliphatic carbocycles. The van der Waals surface area contributed by atoms with Gasteiger partial charge in [-0.25, -0.2) is 9.78 Å². The molecule has 7 nitrogen and oxygen atoms in total. The van der Waals surface area contributed by atoms with Crippen molar-refractivity contribution in [3.63, 3.8) is 0 Å². The molecule has 1 fully saturated rings. The summed E-state index contributed by atoms with van der Waals surface area (Å²) in [5, 5.41) is 2.96. The number of thioether (sulfide) groups is 1. The number of hydrogen-bond acceptors (Lipinski definition) is 6. The maximum absolute atomic E-state index is 11.1. The number of carbonyl (C=O) groups excluding carboxylic acids is 1. The number of nitrogens with two attached hydrogens (primary N) is 1. The van der Waals surface area contributed by atoms with E-state index < -0.39 is 6.09 Å². The molecule has 1 saturated heterocycles. The molecule has 2 rings (SSSR count). The highest BCUT2D eigenvalue weighted by Crippen LogP contribution is 2.16. The molecule has 16 heavy (non-hydrogen) atoms. The monoisotopic (exact) mass is 242 g/mol. The van der Waals surface area contributed by atoms with E-state index in [1.807, 2.05) is 0 Å². The molecule has 0 spiro atoms. The molecule has 0 bridgehead atoms. The van der Waals surface area contributed by atoms with E-state index in [4.69, 9.17) is 10.5 Å². The molecule has 2 heterocycles. The Morgan fingerprint density at radius 3 is 3.06 bits per heavy atom. The zero-order valence-corrected chi connectivity index (χ0v) is 9.04. The number of cyclic esters (lactones) is 1. The van der Waals surface area contributed by atoms with Gasteiger partial charge in [-0.15, -0.1) is 0 Å². The van der Waals surface area contributed by atoms with Crippen LogP contribution in [0.15, 0.2) is 16.0 Å². The SMILES string of the molecule is Nc1cc(=O)[nH]c(SCC2CNC(=O)O2)n1. The van der Waals surface area contributed by atoms with E-state index in [-0.39, 0.29) is 17.5 Å². The standard InChI is InChI=1S/C8H10N4O3S/c9-5-1-6(13)12-7(11-5)16-3-4-2-10-8(14)15-4/h1,4H,2-3H2,(H,10,14)(H3,9,11,12,13). The number of amides is 1. The lowest BCUT2D eigenvalue weighted by molar-refractivity contribution is 0.150. The van der Waals surface area contributed by atoms with Crippen molar-refractivity contribution in [2.75, 3.05) is 18.0 Å². The lowest BCUT2D eigenvalue weighted by Gasteiger charge is -2.06. The Balaban J connectivity index is 1.94. The lowest BCUT2D eigenvalue weighted by atomic mass is 10.4. The van der Waals surface area contributed by atoms with Crippen LogP contribution in [0.5, 0.6) is 0 Å². The molecule has 1 atom stereocenters. The van der Waals surface area contributed by atoms with Crippen LogP contribution in [0, 0.1) is 0 Å². The third kappa shape index (κ3) is 2.66. The van der Waals surface area contributed by atoms with Gasteiger partial charge in [0.1, 0.15) is 11.9 Å². The molecular weight excluding hydrogens is 232 g/mol. The summed E-state index contributed by atoms with van der Waals surface area (Å²) in [6.45, 7) is 0.471. The van der Waals surface area contributed by atoms with Gasteiger partial charge in [0.15, 0.2) is 5.16 Å². The minimum absolute atomic E-state index is 0.174. The van der Waals surface area contributed by atoms with Gasteiger partial charge < -0.3 is 20.8 Å². The van der Waals surface area contributed by atoms with Gasteiger partial charge >= 0.3 is 6.09 Å². The smallest absolute Gasteiger partial charge is 0.407 e. The molecule has 86 valence electrons. The first-order chi connectivity index (χ1) is 7.63. The molecule has 1 aromatic rings. The Bertz CT molecular complexity index is 461. The second-order valence-electron chi connectivity index (χ2n) is 3.19. The average Bonchev–Trinajstić information content (AvgIpc) is 2.60. The summed E-state index contributed by atoms with van der Waals surface area (Å²) in [7, 11) is 0. The van der Waals surface area contributed by atoms with Crippen molar-refractivity contribution in [2.45, 2.75) is 11.3 Å². The van der Waals surface area contributed by atoms with E-state index in [0.29, 0.717) is 17.5 Å². The topological polar surface area (TPSA) is 110 Å². The fourth-order valence-corrected chi connectivity index (χ4v) is 2.09. The van der Waals surface area contributed by atoms with E-state index in [0.717, 1.165) is 0 Å². The summed E-state index contributed by atoms with van der Waals surface area (Å²) < 4.78 is 4.92. The van der Waals surface area contributed by atoms with Gasteiger partial charge in [0.25, 0.3) is 5.56 Å². The van der Waals surface area contributed by atoms with E-state index in [1.165, 1.54) is 17.8 Å². The number of anilines is 1. The van der Waals surface area contributed by atoms with Crippen LogP contribution in [0.1, 0.15) is 0 Å². The predicted molar refractivity (Wildman–Crippen MR) is 58.3 cm³/mol. The van der Waals surface area contributed by atoms with Crippen LogP contribution in [-0.2, 0) is 4.74 Å². The molecule has 8 heteroatoms. The van der Waals surface area contributed by atoms with Gasteiger partial charge in [-0.2, -0.15) is 0 Å². The highest BCUT2D eigenvalue weighted by Gasteiger charge is 2.22. The number of nitrogen functional groups attached to an aromatic ring is 1. The number of ether oxygens (including phenoxy) is 1. The fourth-order valence-electron chi connectivity index (χ4n) is 1.22. The minimum Gasteiger partial charge on any atom is -0.443 e. The van der Waals surface area contributed by atoms with E-state index in [9.17, 15) is 9.59 Å². The third-order valence-corrected chi connectivity index (χ3v) is 2.90. The number of aromatic amines is 1. The largest absolute Gasteiger partial charge is 0.443 e. The van der Waals surface area contributed by atoms with Crippen molar-refractivity contribution < 1.29 is 9.53 Å². The van der Waals surface area contributed by atoms with Crippen LogP contribution in [0.25, 0.3) is 0 Å². The highest BCUT2D eigenvalue weighted by atomic mass is 32.2. The number of hydrogen-bond donors (Lipinski definition) is 3. The highest BCUT2D eigenvalue weighted by molar-refractivity contribution is 7.99. The molecule has 1 amide bonds. The molecule has 1 aromatic heterocycles. The molecule has 0 saturated carbocycles. The van der Waals surface area contributed by atoms with Crippen molar-refractivity contribution in [3.05, 3.63) is 16.4 Å².